The molecule has 0 unspecified atom stereocenters. The van der Waals surface area contributed by atoms with Crippen LogP contribution < -0.4 is 10.1 Å². The first-order valence-corrected chi connectivity index (χ1v) is 7.13. The van der Waals surface area contributed by atoms with Crippen LogP contribution in [0.2, 0.25) is 0 Å². The van der Waals surface area contributed by atoms with E-state index in [1.165, 1.54) is 37.7 Å². The molecule has 0 amide bonds. The van der Waals surface area contributed by atoms with E-state index in [1.807, 2.05) is 7.05 Å². The van der Waals surface area contributed by atoms with Crippen LogP contribution in [0.15, 0.2) is 12.1 Å². The molecule has 3 heteroatoms. The van der Waals surface area contributed by atoms with E-state index in [9.17, 15) is 0 Å². The normalized spacial score (nSPS) is 16.8. The monoisotopic (exact) mass is 248 g/mol. The quantitative estimate of drug-likeness (QED) is 0.869. The summed E-state index contributed by atoms with van der Waals surface area (Å²) < 4.78 is 6.05. The van der Waals surface area contributed by atoms with Gasteiger partial charge in [-0.05, 0) is 50.8 Å². The van der Waals surface area contributed by atoms with Gasteiger partial charge in [0.25, 0.3) is 0 Å². The summed E-state index contributed by atoms with van der Waals surface area (Å²) in [6, 6.07) is 4.23. The number of nitrogens with one attached hydrogen (secondary N) is 1. The standard InChI is InChI=1S/C15H24N2O/c1-3-13-9-12(11-16-2)10-15(17-13)18-14-7-5-4-6-8-14/h9-10,14,16H,3-8,11H2,1-2H3. The van der Waals surface area contributed by atoms with E-state index in [0.717, 1.165) is 24.5 Å². The van der Waals surface area contributed by atoms with Crippen molar-refractivity contribution in [2.45, 2.75) is 58.1 Å². The molecular formula is C15H24N2O. The first-order valence-electron chi connectivity index (χ1n) is 7.13. The molecule has 1 N–H and O–H groups in total. The van der Waals surface area contributed by atoms with Crippen LogP contribution in [0, 0.1) is 0 Å². The van der Waals surface area contributed by atoms with E-state index in [0.29, 0.717) is 6.10 Å². The minimum absolute atomic E-state index is 0.376. The summed E-state index contributed by atoms with van der Waals surface area (Å²) in [5.74, 6) is 0.812. The molecule has 0 radical (unpaired) electrons. The topological polar surface area (TPSA) is 34.1 Å². The van der Waals surface area contributed by atoms with Crippen LogP contribution in [-0.2, 0) is 13.0 Å². The maximum Gasteiger partial charge on any atom is 0.214 e. The number of aryl methyl sites for hydroxylation is 1. The lowest BCUT2D eigenvalue weighted by atomic mass is 9.98. The summed E-state index contributed by atoms with van der Waals surface area (Å²) in [6.07, 6.45) is 7.63. The molecule has 1 heterocycles. The molecule has 1 aromatic heterocycles. The highest BCUT2D eigenvalue weighted by molar-refractivity contribution is 5.25. The summed E-state index contributed by atoms with van der Waals surface area (Å²) >= 11 is 0. The van der Waals surface area contributed by atoms with Gasteiger partial charge < -0.3 is 10.1 Å². The second kappa shape index (κ2) is 6.74. The van der Waals surface area contributed by atoms with E-state index in [-0.39, 0.29) is 0 Å². The van der Waals surface area contributed by atoms with Gasteiger partial charge in [0, 0.05) is 18.3 Å². The Hall–Kier alpha value is -1.09. The van der Waals surface area contributed by atoms with Gasteiger partial charge in [0.2, 0.25) is 5.88 Å². The number of nitrogens with zero attached hydrogens (tertiary/aromatic N) is 1. The fourth-order valence-electron chi connectivity index (χ4n) is 2.52. The Bertz CT molecular complexity index is 373. The summed E-state index contributed by atoms with van der Waals surface area (Å²) in [5.41, 5.74) is 2.38. The van der Waals surface area contributed by atoms with Crippen LogP contribution in [0.3, 0.4) is 0 Å². The Morgan fingerprint density at radius 2 is 2.06 bits per heavy atom. The lowest BCUT2D eigenvalue weighted by Crippen LogP contribution is -2.20. The van der Waals surface area contributed by atoms with Crippen molar-refractivity contribution in [3.05, 3.63) is 23.4 Å². The largest absolute Gasteiger partial charge is 0.474 e. The van der Waals surface area contributed by atoms with Crippen LogP contribution >= 0.6 is 0 Å². The first kappa shape index (κ1) is 13.3. The lowest BCUT2D eigenvalue weighted by molar-refractivity contribution is 0.148. The van der Waals surface area contributed by atoms with Crippen LogP contribution in [0.1, 0.15) is 50.3 Å². The summed E-state index contributed by atoms with van der Waals surface area (Å²) in [5, 5.41) is 3.18. The summed E-state index contributed by atoms with van der Waals surface area (Å²) in [6.45, 7) is 3.01. The molecule has 1 aliphatic rings. The minimum Gasteiger partial charge on any atom is -0.474 e. The lowest BCUT2D eigenvalue weighted by Gasteiger charge is -2.22. The molecule has 0 spiro atoms. The van der Waals surface area contributed by atoms with Crippen molar-refractivity contribution in [2.24, 2.45) is 0 Å². The molecule has 0 aromatic carbocycles. The molecule has 0 saturated heterocycles. The Morgan fingerprint density at radius 3 is 2.72 bits per heavy atom. The zero-order valence-electron chi connectivity index (χ0n) is 11.5. The molecule has 1 fully saturated rings. The van der Waals surface area contributed by atoms with Gasteiger partial charge in [-0.3, -0.25) is 0 Å². The third kappa shape index (κ3) is 3.70. The average Bonchev–Trinajstić information content (AvgIpc) is 2.40. The number of pyridine rings is 1. The molecule has 0 atom stereocenters. The predicted molar refractivity (Wildman–Crippen MR) is 73.9 cm³/mol. The number of hydrogen-bond acceptors (Lipinski definition) is 3. The number of aromatic nitrogens is 1. The van der Waals surface area contributed by atoms with Crippen molar-refractivity contribution < 1.29 is 4.74 Å². The Labute approximate surface area is 110 Å². The van der Waals surface area contributed by atoms with E-state index in [2.05, 4.69) is 29.4 Å². The predicted octanol–water partition coefficient (Wildman–Crippen LogP) is 3.07. The smallest absolute Gasteiger partial charge is 0.214 e. The Kier molecular flexibility index (Phi) is 5.00. The van der Waals surface area contributed by atoms with E-state index in [1.54, 1.807) is 0 Å². The van der Waals surface area contributed by atoms with Gasteiger partial charge in [0.15, 0.2) is 0 Å². The van der Waals surface area contributed by atoms with Crippen LogP contribution in [0.25, 0.3) is 0 Å². The molecule has 2 rings (SSSR count). The molecule has 1 aliphatic carbocycles. The molecule has 100 valence electrons. The van der Waals surface area contributed by atoms with Crippen LogP contribution in [-0.4, -0.2) is 18.1 Å². The maximum atomic E-state index is 6.05. The second-order valence-corrected chi connectivity index (χ2v) is 5.07. The van der Waals surface area contributed by atoms with Crippen LogP contribution in [0.5, 0.6) is 5.88 Å². The van der Waals surface area contributed by atoms with Gasteiger partial charge in [-0.2, -0.15) is 0 Å². The van der Waals surface area contributed by atoms with Gasteiger partial charge in [-0.1, -0.05) is 13.3 Å². The first-order chi connectivity index (χ1) is 8.81. The molecule has 1 aromatic rings. The number of ether oxygens (including phenoxy) is 1. The maximum absolute atomic E-state index is 6.05. The van der Waals surface area contributed by atoms with E-state index < -0.39 is 0 Å². The molecule has 0 bridgehead atoms. The highest BCUT2D eigenvalue weighted by Gasteiger charge is 2.15. The van der Waals surface area contributed by atoms with Crippen molar-refractivity contribution in [3.63, 3.8) is 0 Å². The van der Waals surface area contributed by atoms with Crippen molar-refractivity contribution in [1.29, 1.82) is 0 Å². The molecular weight excluding hydrogens is 224 g/mol. The minimum atomic E-state index is 0.376. The fraction of sp³-hybridized carbons (Fsp3) is 0.667. The third-order valence-electron chi connectivity index (χ3n) is 3.50. The second-order valence-electron chi connectivity index (χ2n) is 5.07. The zero-order chi connectivity index (χ0) is 12.8. The van der Waals surface area contributed by atoms with Crippen molar-refractivity contribution >= 4 is 0 Å². The van der Waals surface area contributed by atoms with E-state index in [4.69, 9.17) is 4.74 Å². The Morgan fingerprint density at radius 1 is 1.28 bits per heavy atom. The van der Waals surface area contributed by atoms with Crippen LogP contribution in [0.4, 0.5) is 0 Å². The summed E-state index contributed by atoms with van der Waals surface area (Å²) in [4.78, 5) is 4.58. The molecule has 18 heavy (non-hydrogen) atoms. The number of hydrogen-bond donors (Lipinski definition) is 1. The number of rotatable bonds is 5. The average molecular weight is 248 g/mol. The van der Waals surface area contributed by atoms with Gasteiger partial charge in [-0.15, -0.1) is 0 Å². The third-order valence-corrected chi connectivity index (χ3v) is 3.50. The summed E-state index contributed by atoms with van der Waals surface area (Å²) in [7, 11) is 1.97. The van der Waals surface area contributed by atoms with Gasteiger partial charge >= 0.3 is 0 Å². The van der Waals surface area contributed by atoms with Gasteiger partial charge in [0.1, 0.15) is 6.10 Å². The Balaban J connectivity index is 2.07. The van der Waals surface area contributed by atoms with Crippen molar-refractivity contribution in [1.82, 2.24) is 10.3 Å². The molecule has 3 nitrogen and oxygen atoms in total. The molecule has 1 saturated carbocycles. The van der Waals surface area contributed by atoms with Gasteiger partial charge in [-0.25, -0.2) is 4.98 Å². The van der Waals surface area contributed by atoms with Crippen molar-refractivity contribution in [2.75, 3.05) is 7.05 Å². The SMILES string of the molecule is CCc1cc(CNC)cc(OC2CCCCC2)n1. The van der Waals surface area contributed by atoms with Crippen molar-refractivity contribution in [3.8, 4) is 5.88 Å². The highest BCUT2D eigenvalue weighted by Crippen LogP contribution is 2.23. The van der Waals surface area contributed by atoms with E-state index >= 15 is 0 Å². The highest BCUT2D eigenvalue weighted by atomic mass is 16.5. The van der Waals surface area contributed by atoms with Gasteiger partial charge in [0.05, 0.1) is 0 Å². The molecule has 0 aliphatic heterocycles. The fourth-order valence-corrected chi connectivity index (χ4v) is 2.52. The zero-order valence-corrected chi connectivity index (χ0v) is 11.5.